The van der Waals surface area contributed by atoms with E-state index in [4.69, 9.17) is 5.11 Å². The van der Waals surface area contributed by atoms with E-state index >= 15 is 0 Å². The van der Waals surface area contributed by atoms with Crippen LogP contribution >= 0.6 is 0 Å². The number of hydrogen-bond acceptors (Lipinski definition) is 4. The Hall–Kier alpha value is -1.62. The van der Waals surface area contributed by atoms with Gasteiger partial charge in [-0.3, -0.25) is 0 Å². The normalized spacial score (nSPS) is 19.6. The minimum atomic E-state index is -0.898. The molecule has 0 amide bonds. The summed E-state index contributed by atoms with van der Waals surface area (Å²) < 4.78 is 0. The van der Waals surface area contributed by atoms with Gasteiger partial charge in [-0.2, -0.15) is 0 Å². The molecule has 1 aromatic heterocycles. The van der Waals surface area contributed by atoms with Gasteiger partial charge in [0.05, 0.1) is 5.56 Å². The van der Waals surface area contributed by atoms with E-state index in [-0.39, 0.29) is 0 Å². The van der Waals surface area contributed by atoms with Crippen molar-refractivity contribution >= 4 is 11.8 Å². The van der Waals surface area contributed by atoms with Gasteiger partial charge >= 0.3 is 5.97 Å². The Bertz CT molecular complexity index is 460. The van der Waals surface area contributed by atoms with Crippen LogP contribution in [0.1, 0.15) is 22.5 Å². The number of aryl methyl sites for hydroxylation is 1. The number of carbonyl (C=O) groups is 1. The third-order valence-corrected chi connectivity index (χ3v) is 3.40. The van der Waals surface area contributed by atoms with Crippen LogP contribution in [0.15, 0.2) is 12.1 Å². The number of pyridine rings is 1. The number of aromatic carboxylic acids is 1. The minimum absolute atomic E-state index is 0.311. The maximum absolute atomic E-state index is 11.0. The molecule has 0 aliphatic carbocycles. The van der Waals surface area contributed by atoms with Crippen LogP contribution in [0.4, 0.5) is 5.82 Å². The number of likely N-dealkylation sites (N-methyl/N-ethyl adjacent to an activating group) is 1. The highest BCUT2D eigenvalue weighted by Gasteiger charge is 2.25. The van der Waals surface area contributed by atoms with Crippen molar-refractivity contribution in [3.8, 4) is 0 Å². The van der Waals surface area contributed by atoms with Crippen LogP contribution in [0.2, 0.25) is 0 Å². The van der Waals surface area contributed by atoms with Crippen molar-refractivity contribution in [1.29, 1.82) is 0 Å². The molecule has 1 unspecified atom stereocenters. The summed E-state index contributed by atoms with van der Waals surface area (Å²) in [6.07, 6.45) is 1.09. The molecule has 5 nitrogen and oxygen atoms in total. The molecule has 0 spiro atoms. The molecule has 98 valence electrons. The van der Waals surface area contributed by atoms with Crippen LogP contribution in [0, 0.1) is 6.92 Å². The molecule has 0 radical (unpaired) electrons. The Kier molecular flexibility index (Phi) is 3.52. The quantitative estimate of drug-likeness (QED) is 0.873. The van der Waals surface area contributed by atoms with Gasteiger partial charge in [0.1, 0.15) is 5.82 Å². The van der Waals surface area contributed by atoms with Gasteiger partial charge in [0, 0.05) is 24.8 Å². The van der Waals surface area contributed by atoms with Crippen molar-refractivity contribution in [2.75, 3.05) is 32.1 Å². The third kappa shape index (κ3) is 2.61. The van der Waals surface area contributed by atoms with Gasteiger partial charge in [0.2, 0.25) is 0 Å². The molecular weight excluding hydrogens is 230 g/mol. The number of aromatic nitrogens is 1. The summed E-state index contributed by atoms with van der Waals surface area (Å²) in [7, 11) is 4.14. The Balaban J connectivity index is 2.21. The number of carboxylic acid groups (broad SMARTS) is 1. The highest BCUT2D eigenvalue weighted by atomic mass is 16.4. The summed E-state index contributed by atoms with van der Waals surface area (Å²) >= 11 is 0. The largest absolute Gasteiger partial charge is 0.478 e. The van der Waals surface area contributed by atoms with E-state index in [0.29, 0.717) is 11.6 Å². The van der Waals surface area contributed by atoms with Crippen molar-refractivity contribution in [2.24, 2.45) is 0 Å². The highest BCUT2D eigenvalue weighted by molar-refractivity contribution is 5.88. The lowest BCUT2D eigenvalue weighted by Gasteiger charge is -2.21. The van der Waals surface area contributed by atoms with Gasteiger partial charge < -0.3 is 14.9 Å². The van der Waals surface area contributed by atoms with E-state index in [1.54, 1.807) is 12.1 Å². The number of hydrogen-bond donors (Lipinski definition) is 1. The van der Waals surface area contributed by atoms with Crippen LogP contribution < -0.4 is 4.90 Å². The third-order valence-electron chi connectivity index (χ3n) is 3.40. The van der Waals surface area contributed by atoms with Gasteiger partial charge in [-0.1, -0.05) is 0 Å². The number of rotatable bonds is 3. The smallest absolute Gasteiger partial charge is 0.335 e. The lowest BCUT2D eigenvalue weighted by molar-refractivity contribution is 0.0696. The van der Waals surface area contributed by atoms with E-state index in [1.807, 2.05) is 6.92 Å². The molecule has 0 aromatic carbocycles. The number of anilines is 1. The summed E-state index contributed by atoms with van der Waals surface area (Å²) in [6, 6.07) is 3.78. The average molecular weight is 249 g/mol. The first-order valence-electron chi connectivity index (χ1n) is 6.10. The molecule has 5 heteroatoms. The fourth-order valence-electron chi connectivity index (χ4n) is 2.31. The molecule has 1 aromatic rings. The van der Waals surface area contributed by atoms with Gasteiger partial charge in [-0.15, -0.1) is 0 Å². The SMILES string of the molecule is Cc1cc(C(=O)O)cc(N2CCC(N(C)C)C2)n1. The molecule has 1 aliphatic rings. The fraction of sp³-hybridized carbons (Fsp3) is 0.538. The van der Waals surface area contributed by atoms with E-state index in [2.05, 4.69) is 28.9 Å². The maximum atomic E-state index is 11.0. The monoisotopic (exact) mass is 249 g/mol. The molecule has 18 heavy (non-hydrogen) atoms. The molecular formula is C13H19N3O2. The second-order valence-electron chi connectivity index (χ2n) is 5.01. The Morgan fingerprint density at radius 3 is 2.78 bits per heavy atom. The van der Waals surface area contributed by atoms with E-state index in [9.17, 15) is 4.79 Å². The van der Waals surface area contributed by atoms with E-state index < -0.39 is 5.97 Å². The van der Waals surface area contributed by atoms with Gasteiger partial charge in [0.25, 0.3) is 0 Å². The molecule has 2 heterocycles. The maximum Gasteiger partial charge on any atom is 0.335 e. The minimum Gasteiger partial charge on any atom is -0.478 e. The first kappa shape index (κ1) is 12.8. The Morgan fingerprint density at radius 1 is 1.50 bits per heavy atom. The summed E-state index contributed by atoms with van der Waals surface area (Å²) in [5.74, 6) is -0.123. The zero-order valence-electron chi connectivity index (χ0n) is 11.1. The summed E-state index contributed by atoms with van der Waals surface area (Å²) in [5, 5.41) is 9.06. The first-order valence-corrected chi connectivity index (χ1v) is 6.10. The molecule has 2 rings (SSSR count). The number of carboxylic acids is 1. The van der Waals surface area contributed by atoms with E-state index in [0.717, 1.165) is 31.0 Å². The predicted octanol–water partition coefficient (Wildman–Crippen LogP) is 1.23. The molecule has 1 N–H and O–H groups in total. The topological polar surface area (TPSA) is 56.7 Å². The fourth-order valence-corrected chi connectivity index (χ4v) is 2.31. The second kappa shape index (κ2) is 4.94. The Morgan fingerprint density at radius 2 is 2.22 bits per heavy atom. The summed E-state index contributed by atoms with van der Waals surface area (Å²) in [5.41, 5.74) is 1.06. The number of nitrogens with zero attached hydrogens (tertiary/aromatic N) is 3. The van der Waals surface area contributed by atoms with Gasteiger partial charge in [-0.05, 0) is 39.6 Å². The van der Waals surface area contributed by atoms with Crippen molar-refractivity contribution in [1.82, 2.24) is 9.88 Å². The zero-order chi connectivity index (χ0) is 13.3. The van der Waals surface area contributed by atoms with Crippen molar-refractivity contribution in [3.05, 3.63) is 23.4 Å². The summed E-state index contributed by atoms with van der Waals surface area (Å²) in [6.45, 7) is 3.66. The first-order chi connectivity index (χ1) is 8.47. The van der Waals surface area contributed by atoms with Crippen molar-refractivity contribution < 1.29 is 9.90 Å². The molecule has 0 saturated carbocycles. The van der Waals surface area contributed by atoms with Gasteiger partial charge in [0.15, 0.2) is 0 Å². The standard InChI is InChI=1S/C13H19N3O2/c1-9-6-10(13(17)18)7-12(14-9)16-5-4-11(8-16)15(2)3/h6-7,11H,4-5,8H2,1-3H3,(H,17,18). The average Bonchev–Trinajstić information content (AvgIpc) is 2.77. The van der Waals surface area contributed by atoms with E-state index in [1.165, 1.54) is 0 Å². The van der Waals surface area contributed by atoms with Crippen molar-refractivity contribution in [3.63, 3.8) is 0 Å². The zero-order valence-corrected chi connectivity index (χ0v) is 11.1. The lowest BCUT2D eigenvalue weighted by atomic mass is 10.2. The molecule has 0 bridgehead atoms. The molecule has 1 aliphatic heterocycles. The van der Waals surface area contributed by atoms with Gasteiger partial charge in [-0.25, -0.2) is 9.78 Å². The molecule has 1 atom stereocenters. The molecule has 1 saturated heterocycles. The van der Waals surface area contributed by atoms with Crippen LogP contribution in [-0.2, 0) is 0 Å². The van der Waals surface area contributed by atoms with Crippen LogP contribution in [0.25, 0.3) is 0 Å². The van der Waals surface area contributed by atoms with Crippen LogP contribution in [0.5, 0.6) is 0 Å². The highest BCUT2D eigenvalue weighted by Crippen LogP contribution is 2.22. The Labute approximate surface area is 107 Å². The summed E-state index contributed by atoms with van der Waals surface area (Å²) in [4.78, 5) is 19.8. The second-order valence-corrected chi connectivity index (χ2v) is 5.01. The van der Waals surface area contributed by atoms with Crippen molar-refractivity contribution in [2.45, 2.75) is 19.4 Å². The van der Waals surface area contributed by atoms with Crippen LogP contribution in [-0.4, -0.2) is 54.2 Å². The van der Waals surface area contributed by atoms with Crippen LogP contribution in [0.3, 0.4) is 0 Å². The molecule has 1 fully saturated rings. The predicted molar refractivity (Wildman–Crippen MR) is 70.2 cm³/mol. The lowest BCUT2D eigenvalue weighted by Crippen LogP contribution is -2.31.